The van der Waals surface area contributed by atoms with Crippen LogP contribution in [-0.4, -0.2) is 60.5 Å². The van der Waals surface area contributed by atoms with Gasteiger partial charge in [0.05, 0.1) is 25.7 Å². The van der Waals surface area contributed by atoms with E-state index in [2.05, 4.69) is 0 Å². The molecule has 84 valence electrons. The van der Waals surface area contributed by atoms with Gasteiger partial charge in [0.1, 0.15) is 0 Å². The molecule has 0 radical (unpaired) electrons. The number of ether oxygens (including phenoxy) is 1. The van der Waals surface area contributed by atoms with Crippen LogP contribution >= 0.6 is 0 Å². The van der Waals surface area contributed by atoms with E-state index in [4.69, 9.17) is 14.9 Å². The molecular formula is C9H19NO4. The van der Waals surface area contributed by atoms with E-state index in [-0.39, 0.29) is 12.6 Å². The number of rotatable bonds is 7. The summed E-state index contributed by atoms with van der Waals surface area (Å²) in [6.07, 6.45) is -0.440. The molecule has 0 amide bonds. The van der Waals surface area contributed by atoms with Crippen LogP contribution < -0.4 is 0 Å². The van der Waals surface area contributed by atoms with Crippen LogP contribution in [0.1, 0.15) is 13.3 Å². The Labute approximate surface area is 84.3 Å². The van der Waals surface area contributed by atoms with Gasteiger partial charge >= 0.3 is 5.97 Å². The Morgan fingerprint density at radius 3 is 2.71 bits per heavy atom. The Balaban J connectivity index is 3.52. The minimum absolute atomic E-state index is 0.238. The molecule has 0 rings (SSSR count). The quantitative estimate of drug-likeness (QED) is 0.534. The van der Waals surface area contributed by atoms with Crippen LogP contribution in [-0.2, 0) is 9.53 Å². The first-order chi connectivity index (χ1) is 6.60. The number of carbonyl (C=O) groups is 1. The van der Waals surface area contributed by atoms with Crippen molar-refractivity contribution < 1.29 is 19.7 Å². The summed E-state index contributed by atoms with van der Waals surface area (Å²) in [4.78, 5) is 12.7. The number of carbonyl (C=O) groups excluding carboxylic acids is 1. The third-order valence-corrected chi connectivity index (χ3v) is 1.74. The van der Waals surface area contributed by atoms with Crippen molar-refractivity contribution in [2.45, 2.75) is 19.4 Å². The highest BCUT2D eigenvalue weighted by Crippen LogP contribution is 1.93. The van der Waals surface area contributed by atoms with Crippen molar-refractivity contribution in [1.29, 1.82) is 0 Å². The van der Waals surface area contributed by atoms with Crippen molar-refractivity contribution in [2.75, 3.05) is 33.4 Å². The van der Waals surface area contributed by atoms with E-state index >= 15 is 0 Å². The number of nitrogens with zero attached hydrogens (tertiary/aromatic N) is 1. The molecule has 0 bridgehead atoms. The first-order valence-electron chi connectivity index (χ1n) is 4.73. The average Bonchev–Trinajstić information content (AvgIpc) is 2.15. The van der Waals surface area contributed by atoms with Crippen molar-refractivity contribution in [3.8, 4) is 0 Å². The molecule has 14 heavy (non-hydrogen) atoms. The highest BCUT2D eigenvalue weighted by Gasteiger charge is 2.08. The Bertz CT molecular complexity index is 163. The molecule has 1 unspecified atom stereocenters. The van der Waals surface area contributed by atoms with Gasteiger partial charge in [0.25, 0.3) is 0 Å². The van der Waals surface area contributed by atoms with Crippen LogP contribution in [0, 0.1) is 0 Å². The summed E-state index contributed by atoms with van der Waals surface area (Å²) < 4.78 is 4.75. The second kappa shape index (κ2) is 7.73. The molecule has 1 atom stereocenters. The lowest BCUT2D eigenvalue weighted by Gasteiger charge is -2.18. The Morgan fingerprint density at radius 2 is 2.21 bits per heavy atom. The fraction of sp³-hybridized carbons (Fsp3) is 0.889. The Hall–Kier alpha value is -0.650. The lowest BCUT2D eigenvalue weighted by Crippen LogP contribution is -2.33. The summed E-state index contributed by atoms with van der Waals surface area (Å²) in [5.41, 5.74) is 0. The molecule has 0 fully saturated rings. The third-order valence-electron chi connectivity index (χ3n) is 1.74. The van der Waals surface area contributed by atoms with Gasteiger partial charge < -0.3 is 19.8 Å². The summed E-state index contributed by atoms with van der Waals surface area (Å²) >= 11 is 0. The molecule has 0 aromatic rings. The van der Waals surface area contributed by atoms with Crippen LogP contribution in [0.3, 0.4) is 0 Å². The van der Waals surface area contributed by atoms with Crippen LogP contribution in [0.4, 0.5) is 0 Å². The van der Waals surface area contributed by atoms with Gasteiger partial charge in [-0.2, -0.15) is 0 Å². The molecule has 5 nitrogen and oxygen atoms in total. The molecule has 0 aromatic carbocycles. The predicted molar refractivity (Wildman–Crippen MR) is 51.8 cm³/mol. The van der Waals surface area contributed by atoms with Gasteiger partial charge in [0.15, 0.2) is 0 Å². The van der Waals surface area contributed by atoms with E-state index < -0.39 is 6.10 Å². The smallest absolute Gasteiger partial charge is 0.307 e. The molecule has 0 aromatic heterocycles. The van der Waals surface area contributed by atoms with E-state index in [1.807, 2.05) is 0 Å². The number of aliphatic hydroxyl groups is 2. The van der Waals surface area contributed by atoms with Gasteiger partial charge in [-0.1, -0.05) is 0 Å². The number of hydrogen-bond acceptors (Lipinski definition) is 5. The maximum atomic E-state index is 10.9. The van der Waals surface area contributed by atoms with Gasteiger partial charge in [-0.05, 0) is 14.0 Å². The molecule has 0 spiro atoms. The summed E-state index contributed by atoms with van der Waals surface area (Å²) in [5, 5.41) is 17.7. The van der Waals surface area contributed by atoms with Gasteiger partial charge in [-0.25, -0.2) is 0 Å². The minimum atomic E-state index is -0.748. The third kappa shape index (κ3) is 6.82. The van der Waals surface area contributed by atoms with Gasteiger partial charge in [-0.3, -0.25) is 4.79 Å². The van der Waals surface area contributed by atoms with E-state index in [1.54, 1.807) is 18.9 Å². The SMILES string of the molecule is CCOC(=O)CCN(C)CC(O)CO. The standard InChI is InChI=1S/C9H19NO4/c1-3-14-9(13)4-5-10(2)6-8(12)7-11/h8,11-12H,3-7H2,1-2H3. The lowest BCUT2D eigenvalue weighted by molar-refractivity contribution is -0.143. The maximum Gasteiger partial charge on any atom is 0.307 e. The van der Waals surface area contributed by atoms with Crippen molar-refractivity contribution >= 4 is 5.97 Å². The molecule has 0 aliphatic heterocycles. The summed E-state index contributed by atoms with van der Waals surface area (Å²) in [6, 6.07) is 0. The molecule has 5 heteroatoms. The predicted octanol–water partition coefficient (Wildman–Crippen LogP) is -0.775. The number of esters is 1. The second-order valence-corrected chi connectivity index (χ2v) is 3.15. The largest absolute Gasteiger partial charge is 0.466 e. The monoisotopic (exact) mass is 205 g/mol. The summed E-state index contributed by atoms with van der Waals surface area (Å²) in [7, 11) is 1.78. The second-order valence-electron chi connectivity index (χ2n) is 3.15. The van der Waals surface area contributed by atoms with E-state index in [0.29, 0.717) is 26.1 Å². The Kier molecular flexibility index (Phi) is 7.37. The van der Waals surface area contributed by atoms with E-state index in [1.165, 1.54) is 0 Å². The van der Waals surface area contributed by atoms with Crippen molar-refractivity contribution in [3.63, 3.8) is 0 Å². The van der Waals surface area contributed by atoms with Gasteiger partial charge in [-0.15, -0.1) is 0 Å². The molecule has 0 aliphatic rings. The molecular weight excluding hydrogens is 186 g/mol. The zero-order valence-corrected chi connectivity index (χ0v) is 8.77. The average molecular weight is 205 g/mol. The lowest BCUT2D eigenvalue weighted by atomic mass is 10.3. The Morgan fingerprint density at radius 1 is 1.57 bits per heavy atom. The zero-order valence-electron chi connectivity index (χ0n) is 8.77. The van der Waals surface area contributed by atoms with Gasteiger partial charge in [0, 0.05) is 13.1 Å². The molecule has 0 heterocycles. The highest BCUT2D eigenvalue weighted by molar-refractivity contribution is 5.69. The van der Waals surface area contributed by atoms with Gasteiger partial charge in [0.2, 0.25) is 0 Å². The number of hydrogen-bond donors (Lipinski definition) is 2. The van der Waals surface area contributed by atoms with Crippen LogP contribution in [0.5, 0.6) is 0 Å². The van der Waals surface area contributed by atoms with Crippen molar-refractivity contribution in [3.05, 3.63) is 0 Å². The first-order valence-corrected chi connectivity index (χ1v) is 4.73. The summed E-state index contributed by atoms with van der Waals surface area (Å²) in [6.45, 7) is 2.77. The zero-order chi connectivity index (χ0) is 11.0. The van der Waals surface area contributed by atoms with Crippen molar-refractivity contribution in [2.24, 2.45) is 0 Å². The fourth-order valence-electron chi connectivity index (χ4n) is 1.02. The fourth-order valence-corrected chi connectivity index (χ4v) is 1.02. The molecule has 2 N–H and O–H groups in total. The van der Waals surface area contributed by atoms with E-state index in [0.717, 1.165) is 0 Å². The molecule has 0 saturated heterocycles. The van der Waals surface area contributed by atoms with Crippen LogP contribution in [0.25, 0.3) is 0 Å². The topological polar surface area (TPSA) is 70.0 Å². The highest BCUT2D eigenvalue weighted by atomic mass is 16.5. The number of likely N-dealkylation sites (N-methyl/N-ethyl adjacent to an activating group) is 1. The molecule has 0 aliphatic carbocycles. The van der Waals surface area contributed by atoms with Crippen molar-refractivity contribution in [1.82, 2.24) is 4.90 Å². The maximum absolute atomic E-state index is 10.9. The first kappa shape index (κ1) is 13.4. The summed E-state index contributed by atoms with van der Waals surface area (Å²) in [5.74, 6) is -0.238. The van der Waals surface area contributed by atoms with Crippen LogP contribution in [0.15, 0.2) is 0 Å². The van der Waals surface area contributed by atoms with Crippen LogP contribution in [0.2, 0.25) is 0 Å². The molecule has 0 saturated carbocycles. The minimum Gasteiger partial charge on any atom is -0.466 e. The van der Waals surface area contributed by atoms with E-state index in [9.17, 15) is 4.79 Å². The number of aliphatic hydroxyl groups excluding tert-OH is 2. The normalized spacial score (nSPS) is 12.9.